The van der Waals surface area contributed by atoms with Crippen molar-refractivity contribution in [2.45, 2.75) is 110 Å². The van der Waals surface area contributed by atoms with Gasteiger partial charge in [-0.2, -0.15) is 12.6 Å². The topological polar surface area (TPSA) is 7.76 Å². The van der Waals surface area contributed by atoms with Gasteiger partial charge in [0.15, 0.2) is 24.8 Å². The summed E-state index contributed by atoms with van der Waals surface area (Å²) >= 11 is 4.28. The van der Waals surface area contributed by atoms with Crippen molar-refractivity contribution in [1.29, 1.82) is 0 Å². The Kier molecular flexibility index (Phi) is 14.4. The number of unbranched alkanes of at least 4 members (excludes halogenated alkanes) is 12. The van der Waals surface area contributed by atoms with E-state index in [1.807, 2.05) is 0 Å². The zero-order valence-corrected chi connectivity index (χ0v) is 20.9. The standard InChI is InChI=1S/C28H45N2S/c1-2-3-4-5-10-13-20-29-22-16-27(17-23-29)28-18-24-30(25-19-28)21-14-11-8-6-7-9-12-15-26-31/h16-19,22-25H,2-15,20-21,26H2,1H3/q+1/p+1. The van der Waals surface area contributed by atoms with Gasteiger partial charge < -0.3 is 0 Å². The number of thiol groups is 1. The van der Waals surface area contributed by atoms with Crippen LogP contribution in [0.1, 0.15) is 96.8 Å². The van der Waals surface area contributed by atoms with Crippen molar-refractivity contribution in [2.75, 3.05) is 5.75 Å². The number of nitrogens with zero attached hydrogens (tertiary/aromatic N) is 2. The van der Waals surface area contributed by atoms with Crippen molar-refractivity contribution in [3.63, 3.8) is 0 Å². The summed E-state index contributed by atoms with van der Waals surface area (Å²) in [4.78, 5) is 0. The number of pyridine rings is 2. The first-order valence-electron chi connectivity index (χ1n) is 12.9. The van der Waals surface area contributed by atoms with Crippen molar-refractivity contribution in [3.8, 4) is 11.1 Å². The summed E-state index contributed by atoms with van der Waals surface area (Å²) in [6.07, 6.45) is 27.9. The molecule has 0 aliphatic carbocycles. The lowest BCUT2D eigenvalue weighted by Gasteiger charge is -2.03. The molecule has 2 aromatic heterocycles. The summed E-state index contributed by atoms with van der Waals surface area (Å²) in [7, 11) is 0. The summed E-state index contributed by atoms with van der Waals surface area (Å²) in [6.45, 7) is 4.55. The molecule has 3 heteroatoms. The van der Waals surface area contributed by atoms with Crippen molar-refractivity contribution >= 4 is 12.6 Å². The van der Waals surface area contributed by atoms with E-state index < -0.39 is 0 Å². The van der Waals surface area contributed by atoms with Gasteiger partial charge in [-0.1, -0.05) is 64.7 Å². The molecule has 0 fully saturated rings. The highest BCUT2D eigenvalue weighted by molar-refractivity contribution is 7.80. The monoisotopic (exact) mass is 442 g/mol. The van der Waals surface area contributed by atoms with Crippen molar-refractivity contribution < 1.29 is 9.13 Å². The third-order valence-electron chi connectivity index (χ3n) is 6.21. The van der Waals surface area contributed by atoms with Gasteiger partial charge in [0.05, 0.1) is 0 Å². The molecule has 0 spiro atoms. The molecule has 0 N–H and O–H groups in total. The molecule has 0 unspecified atom stereocenters. The number of hydrogen-bond donors (Lipinski definition) is 1. The van der Waals surface area contributed by atoms with Crippen molar-refractivity contribution in [2.24, 2.45) is 0 Å². The first-order valence-corrected chi connectivity index (χ1v) is 13.6. The van der Waals surface area contributed by atoms with Gasteiger partial charge in [0.1, 0.15) is 13.1 Å². The van der Waals surface area contributed by atoms with Crippen LogP contribution in [-0.2, 0) is 13.1 Å². The highest BCUT2D eigenvalue weighted by Gasteiger charge is 2.06. The summed E-state index contributed by atoms with van der Waals surface area (Å²) in [5, 5.41) is 0. The second-order valence-electron chi connectivity index (χ2n) is 8.97. The Balaban J connectivity index is 1.62. The molecule has 0 atom stereocenters. The third-order valence-corrected chi connectivity index (χ3v) is 6.53. The van der Waals surface area contributed by atoms with Crippen LogP contribution in [0.15, 0.2) is 49.1 Å². The molecule has 2 heterocycles. The van der Waals surface area contributed by atoms with E-state index >= 15 is 0 Å². The van der Waals surface area contributed by atoms with Gasteiger partial charge in [-0.05, 0) is 36.1 Å². The molecule has 31 heavy (non-hydrogen) atoms. The lowest BCUT2D eigenvalue weighted by atomic mass is 10.1. The lowest BCUT2D eigenvalue weighted by molar-refractivity contribution is -0.697. The number of aromatic nitrogens is 2. The normalized spacial score (nSPS) is 11.2. The van der Waals surface area contributed by atoms with Crippen LogP contribution in [0.25, 0.3) is 11.1 Å². The number of hydrogen-bond acceptors (Lipinski definition) is 1. The van der Waals surface area contributed by atoms with Gasteiger partial charge >= 0.3 is 0 Å². The molecule has 0 aliphatic rings. The highest BCUT2D eigenvalue weighted by atomic mass is 32.1. The van der Waals surface area contributed by atoms with E-state index in [4.69, 9.17) is 0 Å². The van der Waals surface area contributed by atoms with E-state index in [1.54, 1.807) is 0 Å². The van der Waals surface area contributed by atoms with Gasteiger partial charge in [0.25, 0.3) is 0 Å². The molecule has 0 amide bonds. The zero-order chi connectivity index (χ0) is 22.0. The zero-order valence-electron chi connectivity index (χ0n) is 20.0. The Bertz CT molecular complexity index is 666. The molecular formula is C28H46N2S+2. The fourth-order valence-electron chi connectivity index (χ4n) is 4.14. The van der Waals surface area contributed by atoms with Gasteiger partial charge in [0, 0.05) is 37.1 Å². The van der Waals surface area contributed by atoms with Gasteiger partial charge in [-0.3, -0.25) is 0 Å². The first-order chi connectivity index (χ1) is 15.3. The van der Waals surface area contributed by atoms with E-state index in [0.717, 1.165) is 18.8 Å². The highest BCUT2D eigenvalue weighted by Crippen LogP contribution is 2.16. The largest absolute Gasteiger partial charge is 0.205 e. The molecule has 0 aromatic carbocycles. The Labute approximate surface area is 197 Å². The fourth-order valence-corrected chi connectivity index (χ4v) is 4.36. The van der Waals surface area contributed by atoms with Gasteiger partial charge in [-0.15, -0.1) is 0 Å². The maximum absolute atomic E-state index is 4.28. The molecule has 2 aromatic rings. The van der Waals surface area contributed by atoms with Gasteiger partial charge in [0.2, 0.25) is 0 Å². The third kappa shape index (κ3) is 11.7. The average molecular weight is 443 g/mol. The Morgan fingerprint density at radius 2 is 0.871 bits per heavy atom. The van der Waals surface area contributed by atoms with Crippen molar-refractivity contribution in [3.05, 3.63) is 49.1 Å². The van der Waals surface area contributed by atoms with Crippen LogP contribution in [0.3, 0.4) is 0 Å². The molecule has 0 saturated heterocycles. The predicted octanol–water partition coefficient (Wildman–Crippen LogP) is 7.34. The fraction of sp³-hybridized carbons (Fsp3) is 0.643. The Morgan fingerprint density at radius 3 is 1.26 bits per heavy atom. The van der Waals surface area contributed by atoms with E-state index in [1.165, 1.54) is 101 Å². The van der Waals surface area contributed by atoms with Crippen LogP contribution in [0.4, 0.5) is 0 Å². The first kappa shape index (κ1) is 25.9. The molecule has 0 bridgehead atoms. The number of rotatable bonds is 18. The number of aryl methyl sites for hydroxylation is 2. The van der Waals surface area contributed by atoms with Gasteiger partial charge in [-0.25, -0.2) is 9.13 Å². The molecule has 2 nitrogen and oxygen atoms in total. The van der Waals surface area contributed by atoms with E-state index in [9.17, 15) is 0 Å². The second kappa shape index (κ2) is 17.2. The second-order valence-corrected chi connectivity index (χ2v) is 9.42. The van der Waals surface area contributed by atoms with Crippen LogP contribution in [0.5, 0.6) is 0 Å². The maximum Gasteiger partial charge on any atom is 0.169 e. The van der Waals surface area contributed by atoms with Crippen molar-refractivity contribution in [1.82, 2.24) is 0 Å². The summed E-state index contributed by atoms with van der Waals surface area (Å²) in [5.74, 6) is 1.04. The minimum atomic E-state index is 1.04. The van der Waals surface area contributed by atoms with E-state index in [2.05, 4.69) is 77.7 Å². The van der Waals surface area contributed by atoms with Crippen LogP contribution in [-0.4, -0.2) is 5.75 Å². The van der Waals surface area contributed by atoms with Crippen LogP contribution >= 0.6 is 12.6 Å². The molecule has 0 aliphatic heterocycles. The molecular weight excluding hydrogens is 396 g/mol. The minimum Gasteiger partial charge on any atom is -0.205 e. The van der Waals surface area contributed by atoms with E-state index in [0.29, 0.717) is 0 Å². The molecule has 2 rings (SSSR count). The molecule has 0 radical (unpaired) electrons. The summed E-state index contributed by atoms with van der Waals surface area (Å²) in [5.41, 5.74) is 2.62. The smallest absolute Gasteiger partial charge is 0.169 e. The Hall–Kier alpha value is -1.35. The average Bonchev–Trinajstić information content (AvgIpc) is 2.81. The van der Waals surface area contributed by atoms with E-state index in [-0.39, 0.29) is 0 Å². The Morgan fingerprint density at radius 1 is 0.516 bits per heavy atom. The minimum absolute atomic E-state index is 1.04. The summed E-state index contributed by atoms with van der Waals surface area (Å²) < 4.78 is 4.66. The van der Waals surface area contributed by atoms with Crippen LogP contribution in [0, 0.1) is 0 Å². The lowest BCUT2D eigenvalue weighted by Crippen LogP contribution is -2.33. The van der Waals surface area contributed by atoms with Crippen LogP contribution < -0.4 is 9.13 Å². The molecule has 0 saturated carbocycles. The molecule has 172 valence electrons. The maximum atomic E-state index is 4.28. The van der Waals surface area contributed by atoms with Crippen LogP contribution in [0.2, 0.25) is 0 Å². The summed E-state index contributed by atoms with van der Waals surface area (Å²) in [6, 6.07) is 9.03. The predicted molar refractivity (Wildman–Crippen MR) is 136 cm³/mol. The quantitative estimate of drug-likeness (QED) is 0.140. The SMILES string of the molecule is CCCCCCCC[n+]1ccc(-c2cc[n+](CCCCCCCCCCS)cc2)cc1.